The highest BCUT2D eigenvalue weighted by Crippen LogP contribution is 2.56. The van der Waals surface area contributed by atoms with Crippen molar-refractivity contribution in [1.29, 1.82) is 0 Å². The first-order chi connectivity index (χ1) is 19.2. The average Bonchev–Trinajstić information content (AvgIpc) is 3.51. The maximum absolute atomic E-state index is 14.4. The summed E-state index contributed by atoms with van der Waals surface area (Å²) in [5.74, 6) is -1.97. The van der Waals surface area contributed by atoms with Gasteiger partial charge in [-0.25, -0.2) is 9.88 Å². The molecule has 40 heavy (non-hydrogen) atoms. The van der Waals surface area contributed by atoms with Gasteiger partial charge in [-0.05, 0) is 36.6 Å². The van der Waals surface area contributed by atoms with Crippen LogP contribution in [0.2, 0.25) is 0 Å². The van der Waals surface area contributed by atoms with Gasteiger partial charge in [0.25, 0.3) is 11.2 Å². The van der Waals surface area contributed by atoms with Gasteiger partial charge in [-0.1, -0.05) is 50.2 Å². The molecule has 3 aromatic carbocycles. The maximum Gasteiger partial charge on any atom is 0.271 e. The number of hydrogen-bond acceptors (Lipinski definition) is 7. The Hall–Kier alpha value is -4.70. The molecule has 7 rings (SSSR count). The number of benzene rings is 3. The summed E-state index contributed by atoms with van der Waals surface area (Å²) in [5.41, 5.74) is 0.285. The molecule has 4 heterocycles. The van der Waals surface area contributed by atoms with Gasteiger partial charge < -0.3 is 0 Å². The third-order valence-electron chi connectivity index (χ3n) is 8.39. The number of nitro benzene ring substituents is 1. The zero-order chi connectivity index (χ0) is 27.9. The largest absolute Gasteiger partial charge is 0.297 e. The van der Waals surface area contributed by atoms with Crippen LogP contribution in [0.3, 0.4) is 0 Å². The van der Waals surface area contributed by atoms with Crippen molar-refractivity contribution in [3.05, 3.63) is 105 Å². The van der Waals surface area contributed by atoms with Crippen LogP contribution in [0.5, 0.6) is 0 Å². The molecule has 0 unspecified atom stereocenters. The number of rotatable bonds is 4. The van der Waals surface area contributed by atoms with Crippen molar-refractivity contribution in [2.75, 3.05) is 4.90 Å². The van der Waals surface area contributed by atoms with E-state index in [0.717, 1.165) is 4.90 Å². The molecule has 10 heteroatoms. The predicted molar refractivity (Wildman–Crippen MR) is 147 cm³/mol. The van der Waals surface area contributed by atoms with Gasteiger partial charge in [0, 0.05) is 23.7 Å². The summed E-state index contributed by atoms with van der Waals surface area (Å²) in [6.07, 6.45) is 0.602. The van der Waals surface area contributed by atoms with E-state index in [0.29, 0.717) is 34.4 Å². The minimum Gasteiger partial charge on any atom is -0.297 e. The van der Waals surface area contributed by atoms with Crippen LogP contribution in [0.25, 0.3) is 16.6 Å². The van der Waals surface area contributed by atoms with Crippen LogP contribution in [0.4, 0.5) is 11.4 Å². The molecule has 10 nitrogen and oxygen atoms in total. The molecule has 2 amide bonds. The molecule has 3 aliphatic rings. The topological polar surface area (TPSA) is 127 Å². The maximum atomic E-state index is 14.4. The van der Waals surface area contributed by atoms with E-state index in [1.54, 1.807) is 28.8 Å². The summed E-state index contributed by atoms with van der Waals surface area (Å²) in [7, 11) is 0. The number of nitrogens with one attached hydrogen (secondary N) is 1. The highest BCUT2D eigenvalue weighted by atomic mass is 16.6. The molecule has 0 saturated carbocycles. The minimum absolute atomic E-state index is 0.159. The molecule has 1 spiro atoms. The summed E-state index contributed by atoms with van der Waals surface area (Å²) in [5, 5.41) is 15.6. The van der Waals surface area contributed by atoms with Crippen LogP contribution in [0.1, 0.15) is 31.7 Å². The number of aromatic nitrogens is 2. The van der Waals surface area contributed by atoms with Crippen LogP contribution in [-0.2, 0) is 15.1 Å². The van der Waals surface area contributed by atoms with Crippen LogP contribution in [-0.4, -0.2) is 32.3 Å². The predicted octanol–water partition coefficient (Wildman–Crippen LogP) is 3.67. The van der Waals surface area contributed by atoms with Crippen molar-refractivity contribution in [2.24, 2.45) is 17.8 Å². The van der Waals surface area contributed by atoms with E-state index in [1.165, 1.54) is 24.3 Å². The van der Waals surface area contributed by atoms with E-state index in [2.05, 4.69) is 5.32 Å². The van der Waals surface area contributed by atoms with Gasteiger partial charge in [-0.2, -0.15) is 0 Å². The number of carbonyl (C=O) groups is 2. The van der Waals surface area contributed by atoms with Gasteiger partial charge >= 0.3 is 0 Å². The third-order valence-corrected chi connectivity index (χ3v) is 8.39. The van der Waals surface area contributed by atoms with Crippen molar-refractivity contribution in [3.8, 4) is 5.69 Å². The molecule has 0 bridgehead atoms. The molecule has 0 radical (unpaired) electrons. The second kappa shape index (κ2) is 8.40. The fourth-order valence-corrected chi connectivity index (χ4v) is 6.93. The Morgan fingerprint density at radius 1 is 1.00 bits per heavy atom. The number of nitrogens with zero attached hydrogens (tertiary/aromatic N) is 4. The monoisotopic (exact) mass is 535 g/mol. The lowest BCUT2D eigenvalue weighted by Gasteiger charge is -2.32. The fourth-order valence-electron chi connectivity index (χ4n) is 6.93. The number of anilines is 1. The first-order valence-corrected chi connectivity index (χ1v) is 13.3. The van der Waals surface area contributed by atoms with Crippen LogP contribution < -0.4 is 15.8 Å². The number of amides is 2. The van der Waals surface area contributed by atoms with E-state index in [9.17, 15) is 24.5 Å². The lowest BCUT2D eigenvalue weighted by molar-refractivity contribution is -0.384. The number of fused-ring (bicyclic) bond motifs is 8. The van der Waals surface area contributed by atoms with Crippen molar-refractivity contribution in [2.45, 2.75) is 31.8 Å². The molecule has 0 aliphatic carbocycles. The Morgan fingerprint density at radius 2 is 1.75 bits per heavy atom. The van der Waals surface area contributed by atoms with Gasteiger partial charge in [0.05, 0.1) is 39.0 Å². The highest BCUT2D eigenvalue weighted by Gasteiger charge is 2.69. The van der Waals surface area contributed by atoms with Crippen molar-refractivity contribution in [1.82, 2.24) is 14.9 Å². The summed E-state index contributed by atoms with van der Waals surface area (Å²) in [4.78, 5) is 59.4. The Kier molecular flexibility index (Phi) is 5.11. The lowest BCUT2D eigenvalue weighted by atomic mass is 9.75. The molecule has 2 fully saturated rings. The first kappa shape index (κ1) is 24.3. The zero-order valence-electron chi connectivity index (χ0n) is 21.8. The van der Waals surface area contributed by atoms with Gasteiger partial charge in [-0.3, -0.25) is 34.4 Å². The number of para-hydroxylation sites is 2. The van der Waals surface area contributed by atoms with Gasteiger partial charge in [0.2, 0.25) is 11.8 Å². The normalized spacial score (nSPS) is 24.7. The summed E-state index contributed by atoms with van der Waals surface area (Å²) >= 11 is 0. The number of carbonyl (C=O) groups excluding carboxylic acids is 2. The standard InChI is InChI=1S/C30H25N5O5/c1-16(2)14-22-24-25(28(38)33(27(24)37)17-8-7-9-18(15-17)35(39)40)30(32-22)20-11-4-6-13-23(20)34-26(36)19-10-3-5-12-21(19)31-29(30)34/h3-13,15-16,22,24-25,32H,14H2,1-2H3/t22-,24+,25-,30-/m1/s1. The minimum atomic E-state index is -1.24. The van der Waals surface area contributed by atoms with Gasteiger partial charge in [0.1, 0.15) is 11.4 Å². The molecule has 3 aliphatic heterocycles. The Balaban J connectivity index is 1.50. The van der Waals surface area contributed by atoms with E-state index in [-0.39, 0.29) is 22.9 Å². The summed E-state index contributed by atoms with van der Waals surface area (Å²) in [6.45, 7) is 4.10. The second-order valence-corrected chi connectivity index (χ2v) is 11.1. The average molecular weight is 536 g/mol. The lowest BCUT2D eigenvalue weighted by Crippen LogP contribution is -2.50. The quantitative estimate of drug-likeness (QED) is 0.240. The number of non-ortho nitro benzene ring substituents is 1. The van der Waals surface area contributed by atoms with Gasteiger partial charge in [-0.15, -0.1) is 0 Å². The molecular formula is C30H25N5O5. The van der Waals surface area contributed by atoms with Gasteiger partial charge in [0.15, 0.2) is 0 Å². The van der Waals surface area contributed by atoms with Crippen molar-refractivity contribution in [3.63, 3.8) is 0 Å². The van der Waals surface area contributed by atoms with Crippen molar-refractivity contribution >= 4 is 34.1 Å². The van der Waals surface area contributed by atoms with E-state index >= 15 is 0 Å². The molecule has 4 atom stereocenters. The smallest absolute Gasteiger partial charge is 0.271 e. The molecule has 200 valence electrons. The summed E-state index contributed by atoms with van der Waals surface area (Å²) in [6, 6.07) is 19.7. The molecule has 2 saturated heterocycles. The third kappa shape index (κ3) is 3.07. The number of hydrogen-bond donors (Lipinski definition) is 1. The summed E-state index contributed by atoms with van der Waals surface area (Å²) < 4.78 is 1.56. The Labute approximate surface area is 228 Å². The Morgan fingerprint density at radius 3 is 2.52 bits per heavy atom. The highest BCUT2D eigenvalue weighted by molar-refractivity contribution is 6.23. The van der Waals surface area contributed by atoms with Crippen LogP contribution in [0, 0.1) is 27.9 Å². The Bertz CT molecular complexity index is 1830. The van der Waals surface area contributed by atoms with E-state index < -0.39 is 40.2 Å². The zero-order valence-corrected chi connectivity index (χ0v) is 21.8. The van der Waals surface area contributed by atoms with Crippen LogP contribution in [0.15, 0.2) is 77.6 Å². The SMILES string of the molecule is CC(C)C[C@H]1N[C@]2(c3ccccc3-n3c2nc2ccccc2c3=O)[C@H]2C(=O)N(c3cccc([N+](=O)[O-])c3)C(=O)[C@@H]12. The first-order valence-electron chi connectivity index (χ1n) is 13.3. The van der Waals surface area contributed by atoms with Crippen molar-refractivity contribution < 1.29 is 14.5 Å². The van der Waals surface area contributed by atoms with E-state index in [1.807, 2.05) is 38.1 Å². The molecule has 4 aromatic rings. The number of nitro groups is 1. The number of imide groups is 1. The fraction of sp³-hybridized carbons (Fsp3) is 0.267. The van der Waals surface area contributed by atoms with Crippen LogP contribution >= 0.6 is 0 Å². The van der Waals surface area contributed by atoms with E-state index in [4.69, 9.17) is 4.98 Å². The molecule has 1 N–H and O–H groups in total. The molecular weight excluding hydrogens is 510 g/mol. The molecule has 1 aromatic heterocycles. The second-order valence-electron chi connectivity index (χ2n) is 11.1.